The molecule has 0 bridgehead atoms. The predicted molar refractivity (Wildman–Crippen MR) is 168 cm³/mol. The number of H-pyrrole nitrogens is 1. The van der Waals surface area contributed by atoms with Crippen LogP contribution in [0.25, 0.3) is 0 Å². The van der Waals surface area contributed by atoms with Crippen molar-refractivity contribution >= 4 is 17.7 Å². The van der Waals surface area contributed by atoms with Gasteiger partial charge in [0, 0.05) is 23.7 Å². The lowest BCUT2D eigenvalue weighted by Crippen LogP contribution is -2.47. The molecule has 3 amide bonds. The fourth-order valence-corrected chi connectivity index (χ4v) is 7.09. The highest BCUT2D eigenvalue weighted by molar-refractivity contribution is 5.94. The number of fused-ring (bicyclic) bond motifs is 2. The molecule has 1 saturated heterocycles. The number of nitriles is 1. The van der Waals surface area contributed by atoms with Crippen LogP contribution < -0.4 is 16.8 Å². The van der Waals surface area contributed by atoms with Gasteiger partial charge in [-0.05, 0) is 113 Å². The molecule has 1 aliphatic carbocycles. The number of primary amides is 2. The van der Waals surface area contributed by atoms with Crippen molar-refractivity contribution in [3.05, 3.63) is 111 Å². The van der Waals surface area contributed by atoms with Gasteiger partial charge >= 0.3 is 0 Å². The quantitative estimate of drug-likeness (QED) is 0.203. The number of carbonyl (C=O) groups excluding carboxylic acids is 3. The maximum Gasteiger partial charge on any atom is 0.248 e. The maximum absolute atomic E-state index is 13.9. The van der Waals surface area contributed by atoms with E-state index in [4.69, 9.17) is 11.5 Å². The SMILES string of the molecule is N#C[C@@H]1CCCN1C(=O)CN[C@H](Cc1ccc(F)cc1)CC1(c2nnn[nH]2)c2ccc(C(N)=O)cc2CCc2cc(C(N)=O)ccc21. The second kappa shape index (κ2) is 13.1. The molecule has 13 heteroatoms. The number of aromatic nitrogens is 4. The second-order valence-electron chi connectivity index (χ2n) is 12.1. The molecule has 2 atom stereocenters. The maximum atomic E-state index is 13.9. The molecule has 240 valence electrons. The van der Waals surface area contributed by atoms with Crippen LogP contribution in [0.2, 0.25) is 0 Å². The molecule has 6 N–H and O–H groups in total. The van der Waals surface area contributed by atoms with Crippen LogP contribution in [0.3, 0.4) is 0 Å². The van der Waals surface area contributed by atoms with Crippen molar-refractivity contribution in [3.8, 4) is 6.07 Å². The molecule has 0 saturated carbocycles. The standard InChI is InChI=1S/C34H34FN9O3/c35-25-9-3-20(4-10-25)14-26(39-19-30(45)44-13-1-2-27(44)18-36)17-34(33-40-42-43-41-33)28-11-7-23(31(37)46)15-21(28)5-6-22-16-24(32(38)47)8-12-29(22)34/h3-4,7-12,15-16,26-27,39H,1-2,5-6,13-14,17,19H2,(H2,37,46)(H2,38,47)(H,40,41,42,43)/t26-,27+/m1/s1. The lowest BCUT2D eigenvalue weighted by atomic mass is 9.67. The summed E-state index contributed by atoms with van der Waals surface area (Å²) in [5, 5.41) is 28.3. The topological polar surface area (TPSA) is 197 Å². The van der Waals surface area contributed by atoms with Crippen LogP contribution in [0, 0.1) is 17.1 Å². The van der Waals surface area contributed by atoms with Crippen LogP contribution in [0.15, 0.2) is 60.7 Å². The van der Waals surface area contributed by atoms with Crippen molar-refractivity contribution in [2.45, 2.75) is 56.0 Å². The van der Waals surface area contributed by atoms with Gasteiger partial charge in [0.05, 0.1) is 18.0 Å². The third-order valence-electron chi connectivity index (χ3n) is 9.32. The number of amides is 3. The van der Waals surface area contributed by atoms with Gasteiger partial charge in [-0.25, -0.2) is 9.49 Å². The Morgan fingerprint density at radius 3 is 2.21 bits per heavy atom. The summed E-state index contributed by atoms with van der Waals surface area (Å²) in [6, 6.07) is 18.1. The van der Waals surface area contributed by atoms with E-state index in [1.54, 1.807) is 41.3 Å². The van der Waals surface area contributed by atoms with Gasteiger partial charge < -0.3 is 21.7 Å². The fraction of sp³-hybridized carbons (Fsp3) is 0.324. The zero-order valence-electron chi connectivity index (χ0n) is 25.6. The summed E-state index contributed by atoms with van der Waals surface area (Å²) in [6.07, 6.45) is 3.15. The molecule has 0 unspecified atom stereocenters. The van der Waals surface area contributed by atoms with Gasteiger partial charge in [0.15, 0.2) is 5.82 Å². The van der Waals surface area contributed by atoms with E-state index in [0.29, 0.717) is 55.6 Å². The average Bonchev–Trinajstić information content (AvgIpc) is 3.77. The van der Waals surface area contributed by atoms with Gasteiger partial charge in [-0.2, -0.15) is 5.26 Å². The van der Waals surface area contributed by atoms with E-state index < -0.39 is 29.3 Å². The Labute approximate surface area is 270 Å². The molecule has 0 radical (unpaired) electrons. The number of aryl methyl sites for hydroxylation is 2. The smallest absolute Gasteiger partial charge is 0.248 e. The van der Waals surface area contributed by atoms with Gasteiger partial charge in [0.2, 0.25) is 17.7 Å². The van der Waals surface area contributed by atoms with Crippen molar-refractivity contribution in [3.63, 3.8) is 0 Å². The van der Waals surface area contributed by atoms with Gasteiger partial charge in [-0.1, -0.05) is 24.3 Å². The first-order valence-corrected chi connectivity index (χ1v) is 15.5. The highest BCUT2D eigenvalue weighted by Gasteiger charge is 2.46. The van der Waals surface area contributed by atoms with E-state index in [-0.39, 0.29) is 18.3 Å². The largest absolute Gasteiger partial charge is 0.366 e. The number of nitrogens with one attached hydrogen (secondary N) is 2. The summed E-state index contributed by atoms with van der Waals surface area (Å²) >= 11 is 0. The minimum Gasteiger partial charge on any atom is -0.366 e. The fourth-order valence-electron chi connectivity index (χ4n) is 7.09. The van der Waals surface area contributed by atoms with E-state index in [1.807, 2.05) is 12.1 Å². The second-order valence-corrected chi connectivity index (χ2v) is 12.1. The molecule has 1 fully saturated rings. The Balaban J connectivity index is 1.50. The number of nitrogens with zero attached hydrogens (tertiary/aromatic N) is 5. The lowest BCUT2D eigenvalue weighted by Gasteiger charge is -2.38. The Hall–Kier alpha value is -5.48. The van der Waals surface area contributed by atoms with Crippen molar-refractivity contribution < 1.29 is 18.8 Å². The van der Waals surface area contributed by atoms with Crippen molar-refractivity contribution in [1.82, 2.24) is 30.8 Å². The number of benzene rings is 3. The van der Waals surface area contributed by atoms with Crippen LogP contribution in [0.5, 0.6) is 0 Å². The van der Waals surface area contributed by atoms with E-state index in [9.17, 15) is 24.0 Å². The number of aromatic amines is 1. The Morgan fingerprint density at radius 1 is 1.02 bits per heavy atom. The number of likely N-dealkylation sites (tertiary alicyclic amines) is 1. The molecule has 12 nitrogen and oxygen atoms in total. The molecule has 4 aromatic rings. The van der Waals surface area contributed by atoms with E-state index in [2.05, 4.69) is 32.0 Å². The first-order chi connectivity index (χ1) is 22.7. The van der Waals surface area contributed by atoms with Crippen LogP contribution in [0.4, 0.5) is 4.39 Å². The molecular formula is C34H34FN9O3. The van der Waals surface area contributed by atoms with E-state index in [0.717, 1.165) is 34.2 Å². The molecular weight excluding hydrogens is 601 g/mol. The van der Waals surface area contributed by atoms with Crippen molar-refractivity contribution in [2.24, 2.45) is 11.5 Å². The first kappa shape index (κ1) is 31.5. The Morgan fingerprint density at radius 2 is 1.66 bits per heavy atom. The Kier molecular flexibility index (Phi) is 8.78. The zero-order chi connectivity index (χ0) is 33.1. The predicted octanol–water partition coefficient (Wildman–Crippen LogP) is 2.08. The number of hydrogen-bond acceptors (Lipinski definition) is 8. The lowest BCUT2D eigenvalue weighted by molar-refractivity contribution is -0.130. The summed E-state index contributed by atoms with van der Waals surface area (Å²) < 4.78 is 13.9. The van der Waals surface area contributed by atoms with Crippen LogP contribution in [0.1, 0.15) is 73.6 Å². The molecule has 3 aromatic carbocycles. The van der Waals surface area contributed by atoms with Crippen LogP contribution in [-0.2, 0) is 29.5 Å². The average molecular weight is 636 g/mol. The van der Waals surface area contributed by atoms with Gasteiger partial charge in [0.1, 0.15) is 11.9 Å². The summed E-state index contributed by atoms with van der Waals surface area (Å²) in [5.74, 6) is -1.26. The summed E-state index contributed by atoms with van der Waals surface area (Å²) in [4.78, 5) is 39.5. The van der Waals surface area contributed by atoms with Gasteiger partial charge in [-0.3, -0.25) is 14.4 Å². The molecule has 2 aliphatic rings. The van der Waals surface area contributed by atoms with Crippen LogP contribution >= 0.6 is 0 Å². The number of halogens is 1. The zero-order valence-corrected chi connectivity index (χ0v) is 25.6. The first-order valence-electron chi connectivity index (χ1n) is 15.5. The highest BCUT2D eigenvalue weighted by atomic mass is 19.1. The van der Waals surface area contributed by atoms with Gasteiger partial charge in [-0.15, -0.1) is 5.10 Å². The molecule has 0 spiro atoms. The summed E-state index contributed by atoms with van der Waals surface area (Å²) in [6.45, 7) is 0.482. The van der Waals surface area contributed by atoms with Crippen molar-refractivity contribution in [1.29, 1.82) is 5.26 Å². The normalized spacial score (nSPS) is 17.2. The minimum atomic E-state index is -1.07. The third-order valence-corrected chi connectivity index (χ3v) is 9.32. The van der Waals surface area contributed by atoms with E-state index >= 15 is 0 Å². The minimum absolute atomic E-state index is 0.0320. The molecule has 6 rings (SSSR count). The van der Waals surface area contributed by atoms with E-state index in [1.165, 1.54) is 12.1 Å². The van der Waals surface area contributed by atoms with Crippen molar-refractivity contribution in [2.75, 3.05) is 13.1 Å². The summed E-state index contributed by atoms with van der Waals surface area (Å²) in [5.41, 5.74) is 15.2. The third kappa shape index (κ3) is 6.19. The molecule has 1 aromatic heterocycles. The number of rotatable bonds is 10. The molecule has 2 heterocycles. The number of hydrogen-bond donors (Lipinski definition) is 4. The highest BCUT2D eigenvalue weighted by Crippen LogP contribution is 2.47. The number of carbonyl (C=O) groups is 3. The monoisotopic (exact) mass is 635 g/mol. The summed E-state index contributed by atoms with van der Waals surface area (Å²) in [7, 11) is 0. The Bertz CT molecular complexity index is 1790. The van der Waals surface area contributed by atoms with Gasteiger partial charge in [0.25, 0.3) is 0 Å². The number of tetrazole rings is 1. The molecule has 47 heavy (non-hydrogen) atoms. The molecule has 1 aliphatic heterocycles. The number of nitrogens with two attached hydrogens (primary N) is 2. The van der Waals surface area contributed by atoms with Crippen LogP contribution in [-0.4, -0.2) is 68.4 Å².